The van der Waals surface area contributed by atoms with Gasteiger partial charge in [-0.25, -0.2) is 0 Å². The molecule has 124 valence electrons. The third-order valence-electron chi connectivity index (χ3n) is 3.50. The highest BCUT2D eigenvalue weighted by atomic mass is 35.5. The zero-order chi connectivity index (χ0) is 16.9. The summed E-state index contributed by atoms with van der Waals surface area (Å²) in [5, 5.41) is 13.7. The van der Waals surface area contributed by atoms with Crippen molar-refractivity contribution in [3.05, 3.63) is 63.6 Å². The first-order chi connectivity index (χ1) is 10.9. The van der Waals surface area contributed by atoms with Gasteiger partial charge in [-0.1, -0.05) is 47.5 Å². The Kier molecular flexibility index (Phi) is 6.31. The fourth-order valence-electron chi connectivity index (χ4n) is 1.97. The molecule has 0 saturated heterocycles. The Morgan fingerprint density at radius 1 is 1.09 bits per heavy atom. The third-order valence-corrected chi connectivity index (χ3v) is 4.24. The molecule has 0 unspecified atom stereocenters. The molecule has 3 nitrogen and oxygen atoms in total. The second kappa shape index (κ2) is 8.02. The molecule has 0 aliphatic rings. The number of aliphatic hydroxyl groups is 1. The van der Waals surface area contributed by atoms with Crippen LogP contribution in [0.4, 0.5) is 0 Å². The molecule has 0 saturated carbocycles. The topological polar surface area (TPSA) is 41.5 Å². The Labute approximate surface area is 147 Å². The van der Waals surface area contributed by atoms with Crippen LogP contribution in [0.25, 0.3) is 0 Å². The van der Waals surface area contributed by atoms with Gasteiger partial charge in [-0.15, -0.1) is 0 Å². The number of para-hydroxylation sites is 1. The van der Waals surface area contributed by atoms with E-state index in [0.717, 1.165) is 16.9 Å². The highest BCUT2D eigenvalue weighted by molar-refractivity contribution is 6.42. The molecule has 5 heteroatoms. The van der Waals surface area contributed by atoms with Crippen molar-refractivity contribution in [2.75, 3.05) is 6.61 Å². The van der Waals surface area contributed by atoms with E-state index in [1.807, 2.05) is 44.2 Å². The molecule has 0 radical (unpaired) electrons. The second-order valence-electron chi connectivity index (χ2n) is 6.04. The van der Waals surface area contributed by atoms with Crippen LogP contribution in [0.5, 0.6) is 5.75 Å². The minimum absolute atomic E-state index is 0.0687. The minimum Gasteiger partial charge on any atom is -0.489 e. The van der Waals surface area contributed by atoms with E-state index in [9.17, 15) is 5.11 Å². The summed E-state index contributed by atoms with van der Waals surface area (Å²) in [4.78, 5) is 0. The van der Waals surface area contributed by atoms with Gasteiger partial charge in [0.2, 0.25) is 0 Å². The summed E-state index contributed by atoms with van der Waals surface area (Å²) in [6, 6.07) is 13.3. The van der Waals surface area contributed by atoms with Crippen molar-refractivity contribution in [1.82, 2.24) is 5.32 Å². The first-order valence-corrected chi connectivity index (χ1v) is 8.17. The van der Waals surface area contributed by atoms with Crippen molar-refractivity contribution in [3.63, 3.8) is 0 Å². The van der Waals surface area contributed by atoms with Crippen LogP contribution in [-0.2, 0) is 13.2 Å². The zero-order valence-electron chi connectivity index (χ0n) is 13.3. The Bertz CT molecular complexity index is 659. The van der Waals surface area contributed by atoms with Gasteiger partial charge in [0, 0.05) is 17.6 Å². The number of nitrogens with one attached hydrogen (secondary N) is 1. The molecule has 0 bridgehead atoms. The van der Waals surface area contributed by atoms with Crippen LogP contribution in [0.1, 0.15) is 25.0 Å². The van der Waals surface area contributed by atoms with E-state index in [4.69, 9.17) is 27.9 Å². The van der Waals surface area contributed by atoms with Crippen LogP contribution in [-0.4, -0.2) is 17.3 Å². The highest BCUT2D eigenvalue weighted by Gasteiger charge is 2.16. The number of hydrogen-bond acceptors (Lipinski definition) is 3. The fraction of sp³-hybridized carbons (Fsp3) is 0.333. The maximum atomic E-state index is 9.32. The average molecular weight is 354 g/mol. The van der Waals surface area contributed by atoms with E-state index < -0.39 is 0 Å². The maximum absolute atomic E-state index is 9.32. The van der Waals surface area contributed by atoms with E-state index in [0.29, 0.717) is 23.2 Å². The van der Waals surface area contributed by atoms with Crippen molar-refractivity contribution in [2.24, 2.45) is 0 Å². The van der Waals surface area contributed by atoms with Crippen molar-refractivity contribution < 1.29 is 9.84 Å². The molecule has 2 N–H and O–H groups in total. The zero-order valence-corrected chi connectivity index (χ0v) is 14.8. The van der Waals surface area contributed by atoms with Gasteiger partial charge in [-0.2, -0.15) is 0 Å². The lowest BCUT2D eigenvalue weighted by Crippen LogP contribution is -2.42. The summed E-state index contributed by atoms with van der Waals surface area (Å²) in [7, 11) is 0. The molecule has 0 atom stereocenters. The molecule has 0 amide bonds. The predicted octanol–water partition coefficient (Wildman–Crippen LogP) is 4.43. The van der Waals surface area contributed by atoms with Crippen LogP contribution in [0, 0.1) is 0 Å². The average Bonchev–Trinajstić information content (AvgIpc) is 2.55. The molecule has 2 aromatic rings. The van der Waals surface area contributed by atoms with Crippen LogP contribution in [0.15, 0.2) is 42.5 Å². The monoisotopic (exact) mass is 353 g/mol. The summed E-state index contributed by atoms with van der Waals surface area (Å²) < 4.78 is 5.91. The third kappa shape index (κ3) is 5.40. The minimum atomic E-state index is -0.336. The molecule has 0 spiro atoms. The lowest BCUT2D eigenvalue weighted by Gasteiger charge is -2.24. The largest absolute Gasteiger partial charge is 0.489 e. The second-order valence-corrected chi connectivity index (χ2v) is 6.85. The maximum Gasteiger partial charge on any atom is 0.124 e. The molecular weight excluding hydrogens is 333 g/mol. The molecule has 2 aromatic carbocycles. The predicted molar refractivity (Wildman–Crippen MR) is 95.2 cm³/mol. The first-order valence-electron chi connectivity index (χ1n) is 7.42. The fourth-order valence-corrected chi connectivity index (χ4v) is 2.29. The lowest BCUT2D eigenvalue weighted by atomic mass is 10.1. The molecule has 0 aliphatic heterocycles. The van der Waals surface area contributed by atoms with Gasteiger partial charge in [-0.3, -0.25) is 0 Å². The van der Waals surface area contributed by atoms with E-state index in [-0.39, 0.29) is 12.1 Å². The molecule has 0 heterocycles. The number of hydrogen-bond donors (Lipinski definition) is 2. The normalized spacial score (nSPS) is 11.5. The van der Waals surface area contributed by atoms with Crippen molar-refractivity contribution in [3.8, 4) is 5.75 Å². The summed E-state index contributed by atoms with van der Waals surface area (Å²) >= 11 is 11.9. The molecule has 0 aliphatic carbocycles. The highest BCUT2D eigenvalue weighted by Crippen LogP contribution is 2.24. The molecular formula is C18H21Cl2NO2. The quantitative estimate of drug-likeness (QED) is 0.773. The van der Waals surface area contributed by atoms with Gasteiger partial charge < -0.3 is 15.2 Å². The summed E-state index contributed by atoms with van der Waals surface area (Å²) in [5.41, 5.74) is 1.66. The molecule has 23 heavy (non-hydrogen) atoms. The van der Waals surface area contributed by atoms with Crippen LogP contribution in [0.3, 0.4) is 0 Å². The van der Waals surface area contributed by atoms with Gasteiger partial charge in [0.25, 0.3) is 0 Å². The number of rotatable bonds is 7. The Hall–Kier alpha value is -1.26. The summed E-state index contributed by atoms with van der Waals surface area (Å²) in [5.74, 6) is 0.805. The van der Waals surface area contributed by atoms with Crippen molar-refractivity contribution >= 4 is 23.2 Å². The van der Waals surface area contributed by atoms with E-state index in [2.05, 4.69) is 5.32 Å². The number of aliphatic hydroxyl groups excluding tert-OH is 1. The SMILES string of the molecule is CC(C)(CO)NCc1ccccc1OCc1ccc(Cl)c(Cl)c1. The Morgan fingerprint density at radius 3 is 2.52 bits per heavy atom. The van der Waals surface area contributed by atoms with Gasteiger partial charge in [0.1, 0.15) is 12.4 Å². The first kappa shape index (κ1) is 18.1. The number of ether oxygens (including phenoxy) is 1. The summed E-state index contributed by atoms with van der Waals surface area (Å²) in [6.07, 6.45) is 0. The van der Waals surface area contributed by atoms with Gasteiger partial charge in [0.15, 0.2) is 0 Å². The smallest absolute Gasteiger partial charge is 0.124 e. The van der Waals surface area contributed by atoms with Crippen molar-refractivity contribution in [2.45, 2.75) is 32.5 Å². The Balaban J connectivity index is 2.03. The molecule has 0 aromatic heterocycles. The Morgan fingerprint density at radius 2 is 1.83 bits per heavy atom. The van der Waals surface area contributed by atoms with Crippen LogP contribution in [0.2, 0.25) is 10.0 Å². The van der Waals surface area contributed by atoms with Gasteiger partial charge >= 0.3 is 0 Å². The van der Waals surface area contributed by atoms with Crippen LogP contribution < -0.4 is 10.1 Å². The lowest BCUT2D eigenvalue weighted by molar-refractivity contribution is 0.186. The van der Waals surface area contributed by atoms with Gasteiger partial charge in [0.05, 0.1) is 16.7 Å². The summed E-state index contributed by atoms with van der Waals surface area (Å²) in [6.45, 7) is 5.00. The molecule has 0 fully saturated rings. The number of benzene rings is 2. The van der Waals surface area contributed by atoms with E-state index in [1.165, 1.54) is 0 Å². The van der Waals surface area contributed by atoms with Gasteiger partial charge in [-0.05, 0) is 37.6 Å². The number of halogens is 2. The molecule has 2 rings (SSSR count). The van der Waals surface area contributed by atoms with E-state index >= 15 is 0 Å². The standard InChI is InChI=1S/C18H21Cl2NO2/c1-18(2,12-22)21-10-14-5-3-4-6-17(14)23-11-13-7-8-15(19)16(20)9-13/h3-9,21-22H,10-12H2,1-2H3. The van der Waals surface area contributed by atoms with Crippen LogP contribution >= 0.6 is 23.2 Å². The van der Waals surface area contributed by atoms with E-state index in [1.54, 1.807) is 12.1 Å². The van der Waals surface area contributed by atoms with Crippen molar-refractivity contribution in [1.29, 1.82) is 0 Å².